The number of amides is 3. The molecule has 0 spiro atoms. The van der Waals surface area contributed by atoms with Crippen molar-refractivity contribution in [2.45, 2.75) is 50.4 Å². The van der Waals surface area contributed by atoms with Crippen molar-refractivity contribution >= 4 is 54.0 Å². The molecule has 0 aromatic rings. The summed E-state index contributed by atoms with van der Waals surface area (Å²) in [7, 11) is 0. The van der Waals surface area contributed by atoms with Gasteiger partial charge in [-0.25, -0.2) is 4.79 Å². The first-order chi connectivity index (χ1) is 14.5. The van der Waals surface area contributed by atoms with Gasteiger partial charge in [0.15, 0.2) is 5.96 Å². The molecule has 178 valence electrons. The van der Waals surface area contributed by atoms with E-state index in [-0.39, 0.29) is 24.7 Å². The second-order valence-corrected chi connectivity index (χ2v) is 8.06. The summed E-state index contributed by atoms with van der Waals surface area (Å²) in [5.74, 6) is -2.57. The molecule has 0 saturated heterocycles. The highest BCUT2D eigenvalue weighted by Gasteiger charge is 2.27. The molecule has 0 aliphatic rings. The van der Waals surface area contributed by atoms with Gasteiger partial charge in [0.2, 0.25) is 17.7 Å². The monoisotopic (exact) mass is 479 g/mol. The number of carboxylic acids is 1. The van der Waals surface area contributed by atoms with Gasteiger partial charge in [-0.2, -0.15) is 24.4 Å². The van der Waals surface area contributed by atoms with Gasteiger partial charge in [0, 0.05) is 12.3 Å². The standard InChI is InChI=1S/C17H33N7O5S2/c1-9(13(25)24-12(8-30)16(28)29)22-15(27)11(4-3-6-21-17(19)20)23-14(26)10(18)5-7-31-2/h9-12,30H,3-8,18H2,1-2H3,(H,22,27)(H,23,26)(H,24,25)(H,28,29)(H4,19,20,21). The van der Waals surface area contributed by atoms with Gasteiger partial charge in [-0.3, -0.25) is 19.4 Å². The fourth-order valence-corrected chi connectivity index (χ4v) is 3.03. The number of aliphatic carboxylic acids is 1. The number of nitrogens with zero attached hydrogens (tertiary/aromatic N) is 1. The molecule has 0 rings (SSSR count). The molecule has 0 aliphatic heterocycles. The highest BCUT2D eigenvalue weighted by molar-refractivity contribution is 7.98. The van der Waals surface area contributed by atoms with E-state index >= 15 is 0 Å². The van der Waals surface area contributed by atoms with Gasteiger partial charge < -0.3 is 38.3 Å². The van der Waals surface area contributed by atoms with E-state index in [1.54, 1.807) is 11.8 Å². The number of carbonyl (C=O) groups excluding carboxylic acids is 3. The molecule has 0 fully saturated rings. The van der Waals surface area contributed by atoms with Gasteiger partial charge in [-0.15, -0.1) is 0 Å². The Hall–Kier alpha value is -2.19. The first-order valence-electron chi connectivity index (χ1n) is 9.58. The maximum absolute atomic E-state index is 12.7. The Balaban J connectivity index is 5.07. The molecule has 31 heavy (non-hydrogen) atoms. The first-order valence-corrected chi connectivity index (χ1v) is 11.6. The van der Waals surface area contributed by atoms with Crippen LogP contribution < -0.4 is 33.2 Å². The van der Waals surface area contributed by atoms with Crippen molar-refractivity contribution in [2.75, 3.05) is 24.3 Å². The molecule has 0 aromatic heterocycles. The maximum Gasteiger partial charge on any atom is 0.327 e. The summed E-state index contributed by atoms with van der Waals surface area (Å²) in [5.41, 5.74) is 16.4. The highest BCUT2D eigenvalue weighted by atomic mass is 32.2. The van der Waals surface area contributed by atoms with Crippen LogP contribution >= 0.6 is 24.4 Å². The number of thioether (sulfide) groups is 1. The zero-order valence-corrected chi connectivity index (χ0v) is 19.4. The zero-order chi connectivity index (χ0) is 24.0. The molecule has 0 aliphatic carbocycles. The minimum atomic E-state index is -1.24. The number of carbonyl (C=O) groups is 4. The van der Waals surface area contributed by atoms with Crippen molar-refractivity contribution in [1.29, 1.82) is 0 Å². The average molecular weight is 480 g/mol. The molecule has 3 amide bonds. The predicted molar refractivity (Wildman–Crippen MR) is 124 cm³/mol. The van der Waals surface area contributed by atoms with E-state index in [0.29, 0.717) is 18.6 Å². The molecule has 0 heterocycles. The van der Waals surface area contributed by atoms with Crippen LogP contribution in [0.2, 0.25) is 0 Å². The minimum Gasteiger partial charge on any atom is -0.480 e. The third kappa shape index (κ3) is 12.3. The number of hydrogen-bond acceptors (Lipinski definition) is 8. The van der Waals surface area contributed by atoms with Crippen LogP contribution in [-0.2, 0) is 19.2 Å². The van der Waals surface area contributed by atoms with E-state index < -0.39 is 47.9 Å². The molecule has 0 bridgehead atoms. The summed E-state index contributed by atoms with van der Waals surface area (Å²) < 4.78 is 0. The lowest BCUT2D eigenvalue weighted by Crippen LogP contribution is -2.56. The molecule has 0 aromatic carbocycles. The Morgan fingerprint density at radius 1 is 1.03 bits per heavy atom. The van der Waals surface area contributed by atoms with Crippen molar-refractivity contribution in [3.05, 3.63) is 0 Å². The van der Waals surface area contributed by atoms with Gasteiger partial charge in [0.1, 0.15) is 18.1 Å². The van der Waals surface area contributed by atoms with Crippen molar-refractivity contribution in [3.63, 3.8) is 0 Å². The van der Waals surface area contributed by atoms with Crippen molar-refractivity contribution in [2.24, 2.45) is 22.2 Å². The predicted octanol–water partition coefficient (Wildman–Crippen LogP) is -2.39. The molecular formula is C17H33N7O5S2. The number of aliphatic imine (C=N–C) groups is 1. The number of thiol groups is 1. The lowest BCUT2D eigenvalue weighted by molar-refractivity contribution is -0.141. The summed E-state index contributed by atoms with van der Waals surface area (Å²) in [6.07, 6.45) is 2.91. The van der Waals surface area contributed by atoms with E-state index in [2.05, 4.69) is 33.6 Å². The number of rotatable bonds is 15. The van der Waals surface area contributed by atoms with E-state index in [9.17, 15) is 19.2 Å². The van der Waals surface area contributed by atoms with Crippen LogP contribution in [0.5, 0.6) is 0 Å². The van der Waals surface area contributed by atoms with Crippen LogP contribution in [0.1, 0.15) is 26.2 Å². The largest absolute Gasteiger partial charge is 0.480 e. The molecule has 12 nitrogen and oxygen atoms in total. The van der Waals surface area contributed by atoms with Crippen LogP contribution in [-0.4, -0.2) is 83.2 Å². The molecule has 14 heteroatoms. The van der Waals surface area contributed by atoms with Crippen molar-refractivity contribution in [3.8, 4) is 0 Å². The van der Waals surface area contributed by atoms with E-state index in [0.717, 1.165) is 0 Å². The summed E-state index contributed by atoms with van der Waals surface area (Å²) in [5, 5.41) is 16.3. The summed E-state index contributed by atoms with van der Waals surface area (Å²) >= 11 is 5.41. The number of guanidine groups is 1. The maximum atomic E-state index is 12.7. The van der Waals surface area contributed by atoms with Crippen LogP contribution in [0.25, 0.3) is 0 Å². The quantitative estimate of drug-likeness (QED) is 0.0543. The second-order valence-electron chi connectivity index (χ2n) is 6.71. The van der Waals surface area contributed by atoms with Crippen molar-refractivity contribution in [1.82, 2.24) is 16.0 Å². The molecule has 4 unspecified atom stereocenters. The molecule has 4 atom stereocenters. The Kier molecular flexibility index (Phi) is 14.5. The van der Waals surface area contributed by atoms with Crippen LogP contribution in [0.15, 0.2) is 4.99 Å². The fourth-order valence-electron chi connectivity index (χ4n) is 2.29. The van der Waals surface area contributed by atoms with Crippen LogP contribution in [0.4, 0.5) is 0 Å². The Bertz CT molecular complexity index is 646. The molecular weight excluding hydrogens is 446 g/mol. The Morgan fingerprint density at radius 2 is 1.65 bits per heavy atom. The van der Waals surface area contributed by atoms with Gasteiger partial charge in [0.25, 0.3) is 0 Å². The molecule has 10 N–H and O–H groups in total. The van der Waals surface area contributed by atoms with Crippen LogP contribution in [0.3, 0.4) is 0 Å². The van der Waals surface area contributed by atoms with Gasteiger partial charge in [-0.1, -0.05) is 0 Å². The lowest BCUT2D eigenvalue weighted by atomic mass is 10.1. The van der Waals surface area contributed by atoms with E-state index in [1.165, 1.54) is 6.92 Å². The van der Waals surface area contributed by atoms with E-state index in [1.807, 2.05) is 6.26 Å². The number of nitrogens with one attached hydrogen (secondary N) is 3. The topological polar surface area (TPSA) is 215 Å². The van der Waals surface area contributed by atoms with Crippen LogP contribution in [0, 0.1) is 0 Å². The number of hydrogen-bond donors (Lipinski definition) is 8. The van der Waals surface area contributed by atoms with Crippen molar-refractivity contribution < 1.29 is 24.3 Å². The van der Waals surface area contributed by atoms with Gasteiger partial charge in [0.05, 0.1) is 6.04 Å². The average Bonchev–Trinajstić information content (AvgIpc) is 2.71. The second kappa shape index (κ2) is 15.6. The number of carboxylic acid groups (broad SMARTS) is 1. The third-order valence-electron chi connectivity index (χ3n) is 4.10. The normalized spacial score (nSPS) is 14.5. The van der Waals surface area contributed by atoms with Gasteiger partial charge in [-0.05, 0) is 38.2 Å². The lowest BCUT2D eigenvalue weighted by Gasteiger charge is -2.23. The summed E-state index contributed by atoms with van der Waals surface area (Å²) in [6.45, 7) is 1.64. The third-order valence-corrected chi connectivity index (χ3v) is 5.11. The Morgan fingerprint density at radius 3 is 2.16 bits per heavy atom. The number of nitrogens with two attached hydrogens (primary N) is 3. The zero-order valence-electron chi connectivity index (χ0n) is 17.7. The molecule has 0 radical (unpaired) electrons. The fraction of sp³-hybridized carbons (Fsp3) is 0.706. The smallest absolute Gasteiger partial charge is 0.327 e. The first kappa shape index (κ1) is 28.8. The summed E-state index contributed by atoms with van der Waals surface area (Å²) in [4.78, 5) is 52.1. The van der Waals surface area contributed by atoms with Gasteiger partial charge >= 0.3 is 5.97 Å². The Labute approximate surface area is 191 Å². The minimum absolute atomic E-state index is 0.0911. The molecule has 0 saturated carbocycles. The van der Waals surface area contributed by atoms with E-state index in [4.69, 9.17) is 22.3 Å². The highest BCUT2D eigenvalue weighted by Crippen LogP contribution is 2.03. The SMILES string of the molecule is CSCCC(N)C(=O)NC(CCCN=C(N)N)C(=O)NC(C)C(=O)NC(CS)C(=O)O. The summed E-state index contributed by atoms with van der Waals surface area (Å²) in [6, 6.07) is -4.00.